The quantitative estimate of drug-likeness (QED) is 0.698. The number of nitrogens with zero attached hydrogens (tertiary/aromatic N) is 2. The van der Waals surface area contributed by atoms with Crippen LogP contribution >= 0.6 is 0 Å². The van der Waals surface area contributed by atoms with Gasteiger partial charge in [-0.1, -0.05) is 42.5 Å². The van der Waals surface area contributed by atoms with E-state index in [0.29, 0.717) is 24.3 Å². The van der Waals surface area contributed by atoms with Crippen LogP contribution in [0.3, 0.4) is 0 Å². The van der Waals surface area contributed by atoms with E-state index in [-0.39, 0.29) is 12.0 Å². The van der Waals surface area contributed by atoms with Gasteiger partial charge < -0.3 is 10.1 Å². The van der Waals surface area contributed by atoms with Crippen molar-refractivity contribution in [1.29, 1.82) is 0 Å². The molecule has 1 aromatic heterocycles. The summed E-state index contributed by atoms with van der Waals surface area (Å²) < 4.78 is 7.81. The van der Waals surface area contributed by atoms with Crippen molar-refractivity contribution in [3.63, 3.8) is 0 Å². The van der Waals surface area contributed by atoms with E-state index >= 15 is 0 Å². The van der Waals surface area contributed by atoms with Gasteiger partial charge in [0.05, 0.1) is 11.9 Å². The van der Waals surface area contributed by atoms with Crippen LogP contribution < -0.4 is 10.1 Å². The molecule has 5 heteroatoms. The predicted molar refractivity (Wildman–Crippen MR) is 102 cm³/mol. The van der Waals surface area contributed by atoms with E-state index in [2.05, 4.69) is 10.4 Å². The van der Waals surface area contributed by atoms with Crippen LogP contribution in [0.5, 0.6) is 5.75 Å². The van der Waals surface area contributed by atoms with Crippen molar-refractivity contribution in [1.82, 2.24) is 9.78 Å². The molecule has 0 bridgehead atoms. The van der Waals surface area contributed by atoms with Gasteiger partial charge in [0.2, 0.25) is 5.91 Å². The maximum absolute atomic E-state index is 12.3. The summed E-state index contributed by atoms with van der Waals surface area (Å²) >= 11 is 0. The summed E-state index contributed by atoms with van der Waals surface area (Å²) in [6.07, 6.45) is 4.65. The van der Waals surface area contributed by atoms with Gasteiger partial charge >= 0.3 is 0 Å². The molecule has 3 aromatic rings. The van der Waals surface area contributed by atoms with Crippen LogP contribution in [0.4, 0.5) is 5.69 Å². The number of anilines is 1. The summed E-state index contributed by atoms with van der Waals surface area (Å²) in [5.74, 6) is 0.621. The Morgan fingerprint density at radius 2 is 1.88 bits per heavy atom. The SMILES string of the molecule is CC(Oc1ccccc1NC(=O)CCc1cnn(C)c1)c1ccccc1. The van der Waals surface area contributed by atoms with E-state index < -0.39 is 0 Å². The van der Waals surface area contributed by atoms with Crippen LogP contribution in [0, 0.1) is 0 Å². The number of rotatable bonds is 7. The highest BCUT2D eigenvalue weighted by Gasteiger charge is 2.12. The molecule has 0 aliphatic heterocycles. The second-order valence-electron chi connectivity index (χ2n) is 6.24. The van der Waals surface area contributed by atoms with Crippen LogP contribution in [-0.2, 0) is 18.3 Å². The number of carbonyl (C=O) groups is 1. The van der Waals surface area contributed by atoms with Crippen LogP contribution in [0.1, 0.15) is 30.6 Å². The number of aromatic nitrogens is 2. The average Bonchev–Trinajstić information content (AvgIpc) is 3.08. The Morgan fingerprint density at radius 3 is 2.62 bits per heavy atom. The predicted octanol–water partition coefficient (Wildman–Crippen LogP) is 4.13. The summed E-state index contributed by atoms with van der Waals surface area (Å²) in [4.78, 5) is 12.3. The summed E-state index contributed by atoms with van der Waals surface area (Å²) in [6, 6.07) is 17.5. The van der Waals surface area contributed by atoms with Gasteiger partial charge in [0.15, 0.2) is 0 Å². The molecule has 0 spiro atoms. The number of benzene rings is 2. The second-order valence-corrected chi connectivity index (χ2v) is 6.24. The van der Waals surface area contributed by atoms with E-state index in [0.717, 1.165) is 11.1 Å². The smallest absolute Gasteiger partial charge is 0.224 e. The van der Waals surface area contributed by atoms with Crippen molar-refractivity contribution in [3.8, 4) is 5.75 Å². The highest BCUT2D eigenvalue weighted by molar-refractivity contribution is 5.92. The molecule has 0 fully saturated rings. The summed E-state index contributed by atoms with van der Waals surface area (Å²) in [5, 5.41) is 7.07. The molecule has 0 aliphatic carbocycles. The maximum atomic E-state index is 12.3. The lowest BCUT2D eigenvalue weighted by Crippen LogP contribution is -2.14. The normalized spacial score (nSPS) is 11.8. The molecule has 1 heterocycles. The zero-order chi connectivity index (χ0) is 18.4. The van der Waals surface area contributed by atoms with E-state index in [4.69, 9.17) is 4.74 Å². The van der Waals surface area contributed by atoms with Gasteiger partial charge in [-0.25, -0.2) is 0 Å². The maximum Gasteiger partial charge on any atom is 0.224 e. The zero-order valence-electron chi connectivity index (χ0n) is 15.1. The van der Waals surface area contributed by atoms with Crippen LogP contribution in [0.2, 0.25) is 0 Å². The van der Waals surface area contributed by atoms with E-state index in [9.17, 15) is 4.79 Å². The first-order valence-corrected chi connectivity index (χ1v) is 8.70. The van der Waals surface area contributed by atoms with Crippen molar-refractivity contribution < 1.29 is 9.53 Å². The Labute approximate surface area is 153 Å². The standard InChI is InChI=1S/C21H23N3O2/c1-16(18-8-4-3-5-9-18)26-20-11-7-6-10-19(20)23-21(25)13-12-17-14-22-24(2)15-17/h3-11,14-16H,12-13H2,1-2H3,(H,23,25). The largest absolute Gasteiger partial charge is 0.484 e. The molecule has 0 aliphatic rings. The molecule has 1 N–H and O–H groups in total. The van der Waals surface area contributed by atoms with E-state index in [1.54, 1.807) is 10.9 Å². The molecular weight excluding hydrogens is 326 g/mol. The molecule has 0 saturated carbocycles. The minimum Gasteiger partial charge on any atom is -0.484 e. The Morgan fingerprint density at radius 1 is 1.15 bits per heavy atom. The van der Waals surface area contributed by atoms with Gasteiger partial charge in [-0.2, -0.15) is 5.10 Å². The van der Waals surface area contributed by atoms with Gasteiger partial charge in [0, 0.05) is 19.7 Å². The molecular formula is C21H23N3O2. The molecule has 5 nitrogen and oxygen atoms in total. The van der Waals surface area contributed by atoms with E-state index in [1.807, 2.05) is 74.8 Å². The third-order valence-electron chi connectivity index (χ3n) is 4.13. The van der Waals surface area contributed by atoms with Crippen LogP contribution in [0.25, 0.3) is 0 Å². The number of hydrogen-bond donors (Lipinski definition) is 1. The first kappa shape index (κ1) is 17.7. The molecule has 26 heavy (non-hydrogen) atoms. The highest BCUT2D eigenvalue weighted by atomic mass is 16.5. The lowest BCUT2D eigenvalue weighted by atomic mass is 10.1. The third-order valence-corrected chi connectivity index (χ3v) is 4.13. The summed E-state index contributed by atoms with van der Waals surface area (Å²) in [5.41, 5.74) is 2.82. The number of hydrogen-bond acceptors (Lipinski definition) is 3. The van der Waals surface area contributed by atoms with Gasteiger partial charge in [-0.05, 0) is 36.6 Å². The molecule has 2 aromatic carbocycles. The number of nitrogens with one attached hydrogen (secondary N) is 1. The number of carbonyl (C=O) groups excluding carboxylic acids is 1. The minimum atomic E-state index is -0.107. The monoisotopic (exact) mass is 349 g/mol. The molecule has 134 valence electrons. The number of para-hydroxylation sites is 2. The van der Waals surface area contributed by atoms with Crippen molar-refractivity contribution in [2.24, 2.45) is 7.05 Å². The summed E-state index contributed by atoms with van der Waals surface area (Å²) in [7, 11) is 1.87. The molecule has 1 unspecified atom stereocenters. The van der Waals surface area contributed by atoms with Crippen LogP contribution in [-0.4, -0.2) is 15.7 Å². The van der Waals surface area contributed by atoms with Gasteiger partial charge in [-0.15, -0.1) is 0 Å². The first-order chi connectivity index (χ1) is 12.6. The number of aryl methyl sites for hydroxylation is 2. The number of amides is 1. The molecule has 1 amide bonds. The molecule has 1 atom stereocenters. The fourth-order valence-electron chi connectivity index (χ4n) is 2.73. The fraction of sp³-hybridized carbons (Fsp3) is 0.238. The van der Waals surface area contributed by atoms with Crippen molar-refractivity contribution in [3.05, 3.63) is 78.1 Å². The topological polar surface area (TPSA) is 56.1 Å². The third kappa shape index (κ3) is 4.72. The van der Waals surface area contributed by atoms with Gasteiger partial charge in [-0.3, -0.25) is 9.48 Å². The van der Waals surface area contributed by atoms with Crippen molar-refractivity contribution in [2.75, 3.05) is 5.32 Å². The number of ether oxygens (including phenoxy) is 1. The van der Waals surface area contributed by atoms with Crippen molar-refractivity contribution in [2.45, 2.75) is 25.9 Å². The Balaban J connectivity index is 1.62. The molecule has 0 saturated heterocycles. The van der Waals surface area contributed by atoms with Crippen LogP contribution in [0.15, 0.2) is 67.0 Å². The van der Waals surface area contributed by atoms with Crippen molar-refractivity contribution >= 4 is 11.6 Å². The van der Waals surface area contributed by atoms with Gasteiger partial charge in [0.1, 0.15) is 11.9 Å². The van der Waals surface area contributed by atoms with E-state index in [1.165, 1.54) is 0 Å². The lowest BCUT2D eigenvalue weighted by molar-refractivity contribution is -0.116. The molecule has 3 rings (SSSR count). The Kier molecular flexibility index (Phi) is 5.69. The Bertz CT molecular complexity index is 858. The first-order valence-electron chi connectivity index (χ1n) is 8.70. The molecule has 0 radical (unpaired) electrons. The summed E-state index contributed by atoms with van der Waals surface area (Å²) in [6.45, 7) is 2.00. The minimum absolute atomic E-state index is 0.0442. The highest BCUT2D eigenvalue weighted by Crippen LogP contribution is 2.29. The lowest BCUT2D eigenvalue weighted by Gasteiger charge is -2.18. The average molecular weight is 349 g/mol. The fourth-order valence-corrected chi connectivity index (χ4v) is 2.73. The Hall–Kier alpha value is -3.08. The second kappa shape index (κ2) is 8.34. The van der Waals surface area contributed by atoms with Gasteiger partial charge in [0.25, 0.3) is 0 Å². The zero-order valence-corrected chi connectivity index (χ0v) is 15.1.